The smallest absolute Gasteiger partial charge is 0.239 e. The van der Waals surface area contributed by atoms with E-state index in [2.05, 4.69) is 25.5 Å². The maximum atomic E-state index is 12.0. The van der Waals surface area contributed by atoms with E-state index in [1.54, 1.807) is 0 Å². The van der Waals surface area contributed by atoms with Crippen molar-refractivity contribution in [2.75, 3.05) is 24.5 Å². The van der Waals surface area contributed by atoms with Gasteiger partial charge in [0, 0.05) is 30.9 Å². The Bertz CT molecular complexity index is 620. The first-order chi connectivity index (χ1) is 12.3. The van der Waals surface area contributed by atoms with Crippen LogP contribution in [0, 0.1) is 19.8 Å². The minimum absolute atomic E-state index is 0.0379. The lowest BCUT2D eigenvalue weighted by molar-refractivity contribution is -0.127. The predicted molar refractivity (Wildman–Crippen MR) is 101 cm³/mol. The van der Waals surface area contributed by atoms with Crippen LogP contribution in [0.2, 0.25) is 0 Å². The van der Waals surface area contributed by atoms with Gasteiger partial charge in [0.25, 0.3) is 0 Å². The SMILES string of the molecule is Cc1cc(N2CCC(NC(=O)CNC(=O)[C@@H](N)C(C)C)CC2)nc(C)n1. The largest absolute Gasteiger partial charge is 0.356 e. The molecule has 8 nitrogen and oxygen atoms in total. The quantitative estimate of drug-likeness (QED) is 0.670. The molecular weight excluding hydrogens is 332 g/mol. The number of carbonyl (C=O) groups excluding carboxylic acids is 2. The minimum atomic E-state index is -0.592. The fourth-order valence-electron chi connectivity index (χ4n) is 2.98. The minimum Gasteiger partial charge on any atom is -0.356 e. The number of aryl methyl sites for hydroxylation is 2. The third-order valence-electron chi connectivity index (χ3n) is 4.58. The maximum absolute atomic E-state index is 12.0. The number of amides is 2. The molecule has 0 bridgehead atoms. The molecule has 1 aliphatic heterocycles. The highest BCUT2D eigenvalue weighted by atomic mass is 16.2. The van der Waals surface area contributed by atoms with E-state index in [1.807, 2.05) is 33.8 Å². The zero-order valence-corrected chi connectivity index (χ0v) is 16.1. The molecule has 2 rings (SSSR count). The van der Waals surface area contributed by atoms with Crippen molar-refractivity contribution in [2.45, 2.75) is 52.6 Å². The van der Waals surface area contributed by atoms with Crippen molar-refractivity contribution in [3.63, 3.8) is 0 Å². The highest BCUT2D eigenvalue weighted by Crippen LogP contribution is 2.18. The Labute approximate surface area is 154 Å². The standard InChI is InChI=1S/C18H30N6O2/c1-11(2)17(19)18(26)20-10-16(25)23-14-5-7-24(8-6-14)15-9-12(3)21-13(4)22-15/h9,11,14,17H,5-8,10,19H2,1-4H3,(H,20,26)(H,23,25)/t17-/m0/s1. The average Bonchev–Trinajstić information content (AvgIpc) is 2.58. The van der Waals surface area contributed by atoms with Crippen molar-refractivity contribution in [1.82, 2.24) is 20.6 Å². The highest BCUT2D eigenvalue weighted by Gasteiger charge is 2.23. The summed E-state index contributed by atoms with van der Waals surface area (Å²) in [5.74, 6) is 1.28. The molecule has 1 aromatic heterocycles. The van der Waals surface area contributed by atoms with Gasteiger partial charge in [0.15, 0.2) is 0 Å². The van der Waals surface area contributed by atoms with Crippen LogP contribution in [0.25, 0.3) is 0 Å². The summed E-state index contributed by atoms with van der Waals surface area (Å²) in [5, 5.41) is 5.58. The van der Waals surface area contributed by atoms with Gasteiger partial charge in [-0.3, -0.25) is 9.59 Å². The third-order valence-corrected chi connectivity index (χ3v) is 4.58. The zero-order valence-electron chi connectivity index (χ0n) is 16.1. The molecule has 1 fully saturated rings. The molecule has 4 N–H and O–H groups in total. The Morgan fingerprint density at radius 3 is 2.50 bits per heavy atom. The maximum Gasteiger partial charge on any atom is 0.239 e. The highest BCUT2D eigenvalue weighted by molar-refractivity contribution is 5.87. The summed E-state index contributed by atoms with van der Waals surface area (Å²) in [5.41, 5.74) is 6.72. The first-order valence-electron chi connectivity index (χ1n) is 9.16. The molecule has 2 heterocycles. The molecule has 0 radical (unpaired) electrons. The molecule has 0 spiro atoms. The molecule has 26 heavy (non-hydrogen) atoms. The van der Waals surface area contributed by atoms with Crippen LogP contribution in [0.15, 0.2) is 6.07 Å². The molecule has 0 aliphatic carbocycles. The van der Waals surface area contributed by atoms with Crippen molar-refractivity contribution in [1.29, 1.82) is 0 Å². The van der Waals surface area contributed by atoms with Crippen LogP contribution >= 0.6 is 0 Å². The zero-order chi connectivity index (χ0) is 19.3. The second-order valence-electron chi connectivity index (χ2n) is 7.23. The lowest BCUT2D eigenvalue weighted by Gasteiger charge is -2.33. The summed E-state index contributed by atoms with van der Waals surface area (Å²) in [4.78, 5) is 34.9. The summed E-state index contributed by atoms with van der Waals surface area (Å²) in [6.07, 6.45) is 1.68. The normalized spacial score (nSPS) is 16.5. The monoisotopic (exact) mass is 362 g/mol. The van der Waals surface area contributed by atoms with E-state index in [0.717, 1.165) is 43.3 Å². The summed E-state index contributed by atoms with van der Waals surface area (Å²) < 4.78 is 0. The van der Waals surface area contributed by atoms with Gasteiger partial charge >= 0.3 is 0 Å². The molecule has 1 aliphatic rings. The predicted octanol–water partition coefficient (Wildman–Crippen LogP) is 0.278. The second-order valence-corrected chi connectivity index (χ2v) is 7.23. The Hall–Kier alpha value is -2.22. The molecular formula is C18H30N6O2. The molecule has 144 valence electrons. The average molecular weight is 362 g/mol. The number of hydrogen-bond donors (Lipinski definition) is 3. The fourth-order valence-corrected chi connectivity index (χ4v) is 2.98. The molecule has 0 aromatic carbocycles. The number of nitrogens with two attached hydrogens (primary N) is 1. The van der Waals surface area contributed by atoms with Gasteiger partial charge in [0.1, 0.15) is 11.6 Å². The van der Waals surface area contributed by atoms with Crippen LogP contribution in [-0.4, -0.2) is 53.5 Å². The topological polar surface area (TPSA) is 113 Å². The van der Waals surface area contributed by atoms with Gasteiger partial charge in [-0.2, -0.15) is 0 Å². The summed E-state index contributed by atoms with van der Waals surface area (Å²) in [6.45, 7) is 9.21. The van der Waals surface area contributed by atoms with Crippen LogP contribution in [0.5, 0.6) is 0 Å². The molecule has 8 heteroatoms. The Morgan fingerprint density at radius 1 is 1.27 bits per heavy atom. The number of rotatable bonds is 6. The molecule has 1 aromatic rings. The van der Waals surface area contributed by atoms with Gasteiger partial charge in [0.2, 0.25) is 11.8 Å². The van der Waals surface area contributed by atoms with E-state index in [1.165, 1.54) is 0 Å². The first kappa shape index (κ1) is 20.1. The van der Waals surface area contributed by atoms with E-state index < -0.39 is 6.04 Å². The van der Waals surface area contributed by atoms with Crippen molar-refractivity contribution < 1.29 is 9.59 Å². The Balaban J connectivity index is 1.76. The fraction of sp³-hybridized carbons (Fsp3) is 0.667. The number of carbonyl (C=O) groups is 2. The van der Waals surface area contributed by atoms with Gasteiger partial charge in [0.05, 0.1) is 12.6 Å². The molecule has 1 saturated heterocycles. The van der Waals surface area contributed by atoms with Gasteiger partial charge in [-0.25, -0.2) is 9.97 Å². The number of piperidine rings is 1. The summed E-state index contributed by atoms with van der Waals surface area (Å²) >= 11 is 0. The second kappa shape index (κ2) is 8.93. The van der Waals surface area contributed by atoms with Gasteiger partial charge in [-0.1, -0.05) is 13.8 Å². The van der Waals surface area contributed by atoms with Crippen LogP contribution < -0.4 is 21.3 Å². The van der Waals surface area contributed by atoms with Crippen molar-refractivity contribution >= 4 is 17.6 Å². The number of nitrogens with one attached hydrogen (secondary N) is 2. The first-order valence-corrected chi connectivity index (χ1v) is 9.16. The lowest BCUT2D eigenvalue weighted by atomic mass is 10.0. The number of anilines is 1. The van der Waals surface area contributed by atoms with E-state index in [9.17, 15) is 9.59 Å². The van der Waals surface area contributed by atoms with Gasteiger partial charge in [-0.05, 0) is 32.6 Å². The molecule has 2 amide bonds. The number of nitrogens with zero attached hydrogens (tertiary/aromatic N) is 3. The number of aromatic nitrogens is 2. The van der Waals surface area contributed by atoms with E-state index in [0.29, 0.717) is 0 Å². The van der Waals surface area contributed by atoms with Crippen LogP contribution in [-0.2, 0) is 9.59 Å². The van der Waals surface area contributed by atoms with Crippen molar-refractivity contribution in [2.24, 2.45) is 11.7 Å². The van der Waals surface area contributed by atoms with Crippen molar-refractivity contribution in [3.8, 4) is 0 Å². The lowest BCUT2D eigenvalue weighted by Crippen LogP contribution is -2.50. The van der Waals surface area contributed by atoms with E-state index in [-0.39, 0.29) is 30.3 Å². The van der Waals surface area contributed by atoms with Crippen LogP contribution in [0.3, 0.4) is 0 Å². The van der Waals surface area contributed by atoms with Gasteiger partial charge in [-0.15, -0.1) is 0 Å². The number of hydrogen-bond acceptors (Lipinski definition) is 6. The molecule has 1 atom stereocenters. The van der Waals surface area contributed by atoms with Gasteiger partial charge < -0.3 is 21.3 Å². The molecule has 0 saturated carbocycles. The van der Waals surface area contributed by atoms with Crippen LogP contribution in [0.4, 0.5) is 5.82 Å². The summed E-state index contributed by atoms with van der Waals surface area (Å²) in [7, 11) is 0. The Morgan fingerprint density at radius 2 is 1.92 bits per heavy atom. The third kappa shape index (κ3) is 5.66. The Kier molecular flexibility index (Phi) is 6.90. The van der Waals surface area contributed by atoms with E-state index in [4.69, 9.17) is 5.73 Å². The molecule has 0 unspecified atom stereocenters. The summed E-state index contributed by atoms with van der Waals surface area (Å²) in [6, 6.07) is 1.50. The van der Waals surface area contributed by atoms with E-state index >= 15 is 0 Å². The van der Waals surface area contributed by atoms with Crippen molar-refractivity contribution in [3.05, 3.63) is 17.6 Å². The van der Waals surface area contributed by atoms with Crippen LogP contribution in [0.1, 0.15) is 38.2 Å².